The second-order valence-corrected chi connectivity index (χ2v) is 5.75. The Kier molecular flexibility index (Phi) is 3.64. The van der Waals surface area contributed by atoms with Crippen LogP contribution < -0.4 is 5.32 Å². The molecule has 3 heterocycles. The molecule has 4 aromatic rings. The largest absolute Gasteiger partial charge is 0.459 e. The zero-order valence-electron chi connectivity index (χ0n) is 12.2. The van der Waals surface area contributed by atoms with Crippen LogP contribution in [0.1, 0.15) is 10.6 Å². The first-order valence-electron chi connectivity index (χ1n) is 6.99. The molecule has 0 atom stereocenters. The molecule has 0 unspecified atom stereocenters. The normalized spacial score (nSPS) is 10.7. The number of rotatable bonds is 4. The average molecular weight is 338 g/mol. The summed E-state index contributed by atoms with van der Waals surface area (Å²) in [5.74, 6) is 0.269. The highest BCUT2D eigenvalue weighted by Gasteiger charge is 2.20. The number of nitrogens with zero attached hydrogens (tertiary/aromatic N) is 3. The summed E-state index contributed by atoms with van der Waals surface area (Å²) in [4.78, 5) is 21.4. The Morgan fingerprint density at radius 2 is 2.00 bits per heavy atom. The summed E-state index contributed by atoms with van der Waals surface area (Å²) in [6.45, 7) is 0. The third-order valence-corrected chi connectivity index (χ3v) is 4.17. The van der Waals surface area contributed by atoms with Crippen LogP contribution >= 0.6 is 11.3 Å². The predicted molar refractivity (Wildman–Crippen MR) is 87.5 cm³/mol. The van der Waals surface area contributed by atoms with Crippen LogP contribution in [0, 0.1) is 0 Å². The van der Waals surface area contributed by atoms with Crippen molar-refractivity contribution in [2.24, 2.45) is 0 Å². The first kappa shape index (κ1) is 14.3. The van der Waals surface area contributed by atoms with Crippen molar-refractivity contribution < 1.29 is 13.7 Å². The van der Waals surface area contributed by atoms with E-state index in [2.05, 4.69) is 20.4 Å². The van der Waals surface area contributed by atoms with Gasteiger partial charge in [0.1, 0.15) is 4.88 Å². The highest BCUT2D eigenvalue weighted by atomic mass is 32.1. The van der Waals surface area contributed by atoms with Crippen molar-refractivity contribution in [1.29, 1.82) is 0 Å². The van der Waals surface area contributed by atoms with Gasteiger partial charge < -0.3 is 8.94 Å². The smallest absolute Gasteiger partial charge is 0.293 e. The van der Waals surface area contributed by atoms with Gasteiger partial charge >= 0.3 is 0 Å². The third kappa shape index (κ3) is 2.70. The number of hydrogen-bond donors (Lipinski definition) is 1. The van der Waals surface area contributed by atoms with E-state index >= 15 is 0 Å². The molecule has 7 nitrogen and oxygen atoms in total. The molecule has 3 aromatic heterocycles. The van der Waals surface area contributed by atoms with E-state index in [1.165, 1.54) is 24.0 Å². The van der Waals surface area contributed by atoms with Crippen molar-refractivity contribution in [3.63, 3.8) is 0 Å². The topological polar surface area (TPSA) is 94.1 Å². The Balaban J connectivity index is 1.73. The van der Waals surface area contributed by atoms with Crippen molar-refractivity contribution in [2.75, 3.05) is 5.32 Å². The van der Waals surface area contributed by atoms with Crippen molar-refractivity contribution >= 4 is 22.4 Å². The molecule has 0 fully saturated rings. The summed E-state index contributed by atoms with van der Waals surface area (Å²) < 4.78 is 9.91. The van der Waals surface area contributed by atoms with Crippen molar-refractivity contribution in [3.8, 4) is 22.0 Å². The molecule has 0 spiro atoms. The van der Waals surface area contributed by atoms with Gasteiger partial charge in [0.2, 0.25) is 12.2 Å². The van der Waals surface area contributed by atoms with Gasteiger partial charge in [-0.25, -0.2) is 4.98 Å². The molecular weight excluding hydrogens is 328 g/mol. The third-order valence-electron chi connectivity index (χ3n) is 3.20. The minimum Gasteiger partial charge on any atom is -0.459 e. The van der Waals surface area contributed by atoms with Crippen LogP contribution in [-0.2, 0) is 0 Å². The Bertz CT molecular complexity index is 947. The molecule has 0 aliphatic heterocycles. The maximum Gasteiger partial charge on any atom is 0.293 e. The lowest BCUT2D eigenvalue weighted by Crippen LogP contribution is -2.10. The van der Waals surface area contributed by atoms with Gasteiger partial charge in [-0.15, -0.1) is 0 Å². The van der Waals surface area contributed by atoms with Crippen LogP contribution in [0.3, 0.4) is 0 Å². The number of nitrogens with one attached hydrogen (secondary N) is 1. The van der Waals surface area contributed by atoms with Crippen LogP contribution in [0.4, 0.5) is 5.13 Å². The fraction of sp³-hybridized carbons (Fsp3) is 0. The van der Waals surface area contributed by atoms with Gasteiger partial charge in [0.25, 0.3) is 5.91 Å². The second-order valence-electron chi connectivity index (χ2n) is 4.75. The first-order chi connectivity index (χ1) is 11.8. The van der Waals surface area contributed by atoms with E-state index in [4.69, 9.17) is 8.94 Å². The van der Waals surface area contributed by atoms with E-state index in [0.717, 1.165) is 5.56 Å². The quantitative estimate of drug-likeness (QED) is 0.609. The lowest BCUT2D eigenvalue weighted by Gasteiger charge is -1.98. The lowest BCUT2D eigenvalue weighted by atomic mass is 10.1. The molecule has 0 aliphatic rings. The van der Waals surface area contributed by atoms with Gasteiger partial charge in [-0.3, -0.25) is 10.1 Å². The number of carbonyl (C=O) groups is 1. The standard InChI is InChI=1S/C16H10N4O3S/c21-15(11-7-4-8-22-11)19-16-18-12(10-5-2-1-3-6-10)13(24-16)14-17-9-23-20-14/h1-9H,(H,18,19,21). The second kappa shape index (κ2) is 6.09. The summed E-state index contributed by atoms with van der Waals surface area (Å²) in [5, 5.41) is 7.02. The van der Waals surface area contributed by atoms with Crippen molar-refractivity contribution in [2.45, 2.75) is 0 Å². The number of aromatic nitrogens is 3. The van der Waals surface area contributed by atoms with E-state index in [1.54, 1.807) is 12.1 Å². The van der Waals surface area contributed by atoms with Gasteiger partial charge in [0.05, 0.1) is 12.0 Å². The molecular formula is C16H10N4O3S. The van der Waals surface area contributed by atoms with Gasteiger partial charge in [0, 0.05) is 5.56 Å². The van der Waals surface area contributed by atoms with Gasteiger partial charge in [-0.1, -0.05) is 46.8 Å². The number of benzene rings is 1. The zero-order valence-corrected chi connectivity index (χ0v) is 13.0. The van der Waals surface area contributed by atoms with E-state index in [-0.39, 0.29) is 11.7 Å². The summed E-state index contributed by atoms with van der Waals surface area (Å²) in [7, 11) is 0. The average Bonchev–Trinajstić information content (AvgIpc) is 3.36. The van der Waals surface area contributed by atoms with Crippen LogP contribution in [0.25, 0.3) is 22.0 Å². The molecule has 0 radical (unpaired) electrons. The molecule has 118 valence electrons. The molecule has 0 saturated heterocycles. The maximum atomic E-state index is 12.1. The zero-order chi connectivity index (χ0) is 16.4. The fourth-order valence-corrected chi connectivity index (χ4v) is 3.07. The first-order valence-corrected chi connectivity index (χ1v) is 7.81. The molecule has 1 amide bonds. The van der Waals surface area contributed by atoms with Gasteiger partial charge in [-0.2, -0.15) is 4.98 Å². The minimum atomic E-state index is -0.368. The summed E-state index contributed by atoms with van der Waals surface area (Å²) in [5.41, 5.74) is 1.57. The van der Waals surface area contributed by atoms with E-state index in [9.17, 15) is 4.79 Å². The van der Waals surface area contributed by atoms with Crippen molar-refractivity contribution in [3.05, 3.63) is 60.9 Å². The summed E-state index contributed by atoms with van der Waals surface area (Å²) in [6, 6.07) is 12.8. The molecule has 1 N–H and O–H groups in total. The van der Waals surface area contributed by atoms with Gasteiger partial charge in [0.15, 0.2) is 10.9 Å². The Hall–Kier alpha value is -3.26. The summed E-state index contributed by atoms with van der Waals surface area (Å²) >= 11 is 1.27. The number of amides is 1. The van der Waals surface area contributed by atoms with E-state index in [0.29, 0.717) is 21.5 Å². The number of anilines is 1. The minimum absolute atomic E-state index is 0.215. The molecule has 0 bridgehead atoms. The molecule has 24 heavy (non-hydrogen) atoms. The Morgan fingerprint density at radius 1 is 1.12 bits per heavy atom. The van der Waals surface area contributed by atoms with Crippen LogP contribution in [-0.4, -0.2) is 21.0 Å². The van der Waals surface area contributed by atoms with Gasteiger partial charge in [-0.05, 0) is 12.1 Å². The summed E-state index contributed by atoms with van der Waals surface area (Å²) in [6.07, 6.45) is 2.70. The number of carbonyl (C=O) groups excluding carboxylic acids is 1. The molecule has 8 heteroatoms. The van der Waals surface area contributed by atoms with Crippen LogP contribution in [0.2, 0.25) is 0 Å². The molecule has 0 aliphatic carbocycles. The highest BCUT2D eigenvalue weighted by molar-refractivity contribution is 7.19. The maximum absolute atomic E-state index is 12.1. The van der Waals surface area contributed by atoms with E-state index < -0.39 is 0 Å². The Morgan fingerprint density at radius 3 is 2.71 bits per heavy atom. The van der Waals surface area contributed by atoms with Crippen molar-refractivity contribution in [1.82, 2.24) is 15.1 Å². The molecule has 1 aromatic carbocycles. The Labute approximate surface area is 140 Å². The molecule has 0 saturated carbocycles. The lowest BCUT2D eigenvalue weighted by molar-refractivity contribution is 0.0996. The van der Waals surface area contributed by atoms with Crippen LogP contribution in [0.5, 0.6) is 0 Å². The predicted octanol–water partition coefficient (Wildman–Crippen LogP) is 3.71. The number of furan rings is 1. The number of thiazole rings is 1. The van der Waals surface area contributed by atoms with Crippen LogP contribution in [0.15, 0.2) is 64.1 Å². The number of hydrogen-bond acceptors (Lipinski definition) is 7. The molecule has 4 rings (SSSR count). The fourth-order valence-electron chi connectivity index (χ4n) is 2.15. The SMILES string of the molecule is O=C(Nc1nc(-c2ccccc2)c(-c2ncon2)s1)c1ccco1. The monoisotopic (exact) mass is 338 g/mol. The van der Waals surface area contributed by atoms with E-state index in [1.807, 2.05) is 30.3 Å². The highest BCUT2D eigenvalue weighted by Crippen LogP contribution is 2.37.